The molecule has 0 unspecified atom stereocenters. The second kappa shape index (κ2) is 6.09. The molecule has 16 heavy (non-hydrogen) atoms. The molecule has 1 aromatic carbocycles. The van der Waals surface area contributed by atoms with Gasteiger partial charge in [-0.15, -0.1) is 0 Å². The molecule has 0 saturated carbocycles. The Kier molecular flexibility index (Phi) is 4.75. The van der Waals surface area contributed by atoms with E-state index in [2.05, 4.69) is 5.32 Å². The van der Waals surface area contributed by atoms with Crippen LogP contribution in [0.3, 0.4) is 0 Å². The zero-order valence-electron chi connectivity index (χ0n) is 9.45. The second-order valence-electron chi connectivity index (χ2n) is 3.22. The van der Waals surface area contributed by atoms with Crippen LogP contribution >= 0.6 is 0 Å². The molecule has 0 atom stereocenters. The van der Waals surface area contributed by atoms with E-state index in [0.717, 1.165) is 5.56 Å². The van der Waals surface area contributed by atoms with Crippen LogP contribution in [0.2, 0.25) is 0 Å². The highest BCUT2D eigenvalue weighted by molar-refractivity contribution is 5.93. The molecule has 0 saturated heterocycles. The molecule has 0 aliphatic rings. The van der Waals surface area contributed by atoms with Gasteiger partial charge in [0.2, 0.25) is 5.91 Å². The van der Waals surface area contributed by atoms with Gasteiger partial charge in [-0.2, -0.15) is 0 Å². The van der Waals surface area contributed by atoms with E-state index in [4.69, 9.17) is 15.2 Å². The SMILES string of the molecule is COCC(=O)Nc1ccc(CN)cc1OC. The van der Waals surface area contributed by atoms with Gasteiger partial charge in [-0.05, 0) is 17.7 Å². The maximum Gasteiger partial charge on any atom is 0.250 e. The van der Waals surface area contributed by atoms with Gasteiger partial charge >= 0.3 is 0 Å². The van der Waals surface area contributed by atoms with Crippen LogP contribution in [0.15, 0.2) is 18.2 Å². The zero-order valence-corrected chi connectivity index (χ0v) is 9.45. The van der Waals surface area contributed by atoms with Gasteiger partial charge < -0.3 is 20.5 Å². The highest BCUT2D eigenvalue weighted by Crippen LogP contribution is 2.25. The summed E-state index contributed by atoms with van der Waals surface area (Å²) in [7, 11) is 3.01. The van der Waals surface area contributed by atoms with E-state index in [0.29, 0.717) is 18.0 Å². The fourth-order valence-electron chi connectivity index (χ4n) is 1.28. The summed E-state index contributed by atoms with van der Waals surface area (Å²) < 4.78 is 9.88. The molecule has 0 spiro atoms. The zero-order chi connectivity index (χ0) is 12.0. The van der Waals surface area contributed by atoms with E-state index >= 15 is 0 Å². The van der Waals surface area contributed by atoms with Gasteiger partial charge in [0.1, 0.15) is 12.4 Å². The van der Waals surface area contributed by atoms with E-state index in [1.165, 1.54) is 7.11 Å². The van der Waals surface area contributed by atoms with Crippen LogP contribution in [0.1, 0.15) is 5.56 Å². The Morgan fingerprint density at radius 1 is 1.44 bits per heavy atom. The molecule has 0 aliphatic heterocycles. The van der Waals surface area contributed by atoms with Gasteiger partial charge in [-0.25, -0.2) is 0 Å². The minimum absolute atomic E-state index is 0.0157. The summed E-state index contributed by atoms with van der Waals surface area (Å²) in [6.07, 6.45) is 0. The molecule has 5 nitrogen and oxygen atoms in total. The third kappa shape index (κ3) is 3.22. The van der Waals surface area contributed by atoms with Crippen LogP contribution in [-0.4, -0.2) is 26.7 Å². The number of carbonyl (C=O) groups is 1. The number of ether oxygens (including phenoxy) is 2. The number of hydrogen-bond donors (Lipinski definition) is 2. The summed E-state index contributed by atoms with van der Waals surface area (Å²) in [4.78, 5) is 11.3. The van der Waals surface area contributed by atoms with E-state index < -0.39 is 0 Å². The normalized spacial score (nSPS) is 9.94. The number of methoxy groups -OCH3 is 2. The average molecular weight is 224 g/mol. The lowest BCUT2D eigenvalue weighted by atomic mass is 10.2. The molecule has 0 radical (unpaired) electrons. The van der Waals surface area contributed by atoms with Crippen LogP contribution in [0.25, 0.3) is 0 Å². The van der Waals surface area contributed by atoms with Crippen LogP contribution < -0.4 is 15.8 Å². The van der Waals surface area contributed by atoms with Crippen molar-refractivity contribution >= 4 is 11.6 Å². The van der Waals surface area contributed by atoms with E-state index in [9.17, 15) is 4.79 Å². The lowest BCUT2D eigenvalue weighted by Gasteiger charge is -2.11. The van der Waals surface area contributed by atoms with Crippen molar-refractivity contribution in [1.82, 2.24) is 0 Å². The van der Waals surface area contributed by atoms with Gasteiger partial charge in [0.25, 0.3) is 0 Å². The number of benzene rings is 1. The summed E-state index contributed by atoms with van der Waals surface area (Å²) in [6.45, 7) is 0.449. The third-order valence-electron chi connectivity index (χ3n) is 2.05. The fraction of sp³-hybridized carbons (Fsp3) is 0.364. The first-order chi connectivity index (χ1) is 7.71. The predicted octanol–water partition coefficient (Wildman–Crippen LogP) is 0.739. The lowest BCUT2D eigenvalue weighted by Crippen LogP contribution is -2.17. The number of carbonyl (C=O) groups excluding carboxylic acids is 1. The van der Waals surface area contributed by atoms with Crippen molar-refractivity contribution in [2.24, 2.45) is 5.73 Å². The number of anilines is 1. The minimum atomic E-state index is -0.221. The van der Waals surface area contributed by atoms with Gasteiger partial charge in [0.15, 0.2) is 0 Å². The monoisotopic (exact) mass is 224 g/mol. The molecular weight excluding hydrogens is 208 g/mol. The highest BCUT2D eigenvalue weighted by Gasteiger charge is 2.07. The Morgan fingerprint density at radius 2 is 2.19 bits per heavy atom. The fourth-order valence-corrected chi connectivity index (χ4v) is 1.28. The standard InChI is InChI=1S/C11H16N2O3/c1-15-7-11(14)13-9-4-3-8(6-12)5-10(9)16-2/h3-5H,6-7,12H2,1-2H3,(H,13,14). The molecule has 1 rings (SSSR count). The molecule has 0 bridgehead atoms. The summed E-state index contributed by atoms with van der Waals surface area (Å²) in [5, 5.41) is 2.68. The first-order valence-electron chi connectivity index (χ1n) is 4.87. The van der Waals surface area contributed by atoms with Crippen molar-refractivity contribution in [3.05, 3.63) is 23.8 Å². The average Bonchev–Trinajstić information content (AvgIpc) is 2.30. The smallest absolute Gasteiger partial charge is 0.250 e. The number of nitrogens with one attached hydrogen (secondary N) is 1. The molecule has 5 heteroatoms. The maximum absolute atomic E-state index is 11.3. The minimum Gasteiger partial charge on any atom is -0.495 e. The second-order valence-corrected chi connectivity index (χ2v) is 3.22. The topological polar surface area (TPSA) is 73.6 Å². The highest BCUT2D eigenvalue weighted by atomic mass is 16.5. The van der Waals surface area contributed by atoms with Crippen LogP contribution in [-0.2, 0) is 16.1 Å². The Balaban J connectivity index is 2.83. The molecule has 0 aromatic heterocycles. The van der Waals surface area contributed by atoms with Gasteiger partial charge in [0, 0.05) is 13.7 Å². The summed E-state index contributed by atoms with van der Waals surface area (Å²) in [5.74, 6) is 0.369. The van der Waals surface area contributed by atoms with Crippen molar-refractivity contribution in [2.75, 3.05) is 26.1 Å². The third-order valence-corrected chi connectivity index (χ3v) is 2.05. The number of rotatable bonds is 5. The molecular formula is C11H16N2O3. The number of nitrogens with two attached hydrogens (primary N) is 1. The number of amides is 1. The molecule has 1 aromatic rings. The molecule has 0 heterocycles. The van der Waals surface area contributed by atoms with E-state index in [-0.39, 0.29) is 12.5 Å². The van der Waals surface area contributed by atoms with Crippen molar-refractivity contribution in [1.29, 1.82) is 0 Å². The quantitative estimate of drug-likeness (QED) is 0.773. The van der Waals surface area contributed by atoms with Crippen molar-refractivity contribution in [2.45, 2.75) is 6.54 Å². The van der Waals surface area contributed by atoms with Crippen molar-refractivity contribution in [3.63, 3.8) is 0 Å². The molecule has 0 aliphatic carbocycles. The van der Waals surface area contributed by atoms with E-state index in [1.54, 1.807) is 19.2 Å². The number of hydrogen-bond acceptors (Lipinski definition) is 4. The summed E-state index contributed by atoms with van der Waals surface area (Å²) in [6, 6.07) is 5.39. The Hall–Kier alpha value is -1.59. The van der Waals surface area contributed by atoms with Crippen LogP contribution in [0.5, 0.6) is 5.75 Å². The van der Waals surface area contributed by atoms with Crippen LogP contribution in [0, 0.1) is 0 Å². The molecule has 0 fully saturated rings. The Morgan fingerprint density at radius 3 is 2.75 bits per heavy atom. The first-order valence-corrected chi connectivity index (χ1v) is 4.87. The Labute approximate surface area is 94.5 Å². The summed E-state index contributed by atoms with van der Waals surface area (Å²) >= 11 is 0. The largest absolute Gasteiger partial charge is 0.495 e. The van der Waals surface area contributed by atoms with Gasteiger partial charge in [-0.1, -0.05) is 6.07 Å². The lowest BCUT2D eigenvalue weighted by molar-refractivity contribution is -0.119. The summed E-state index contributed by atoms with van der Waals surface area (Å²) in [5.41, 5.74) is 7.07. The first kappa shape index (κ1) is 12.5. The molecule has 88 valence electrons. The Bertz CT molecular complexity index is 366. The predicted molar refractivity (Wildman–Crippen MR) is 61.4 cm³/mol. The van der Waals surface area contributed by atoms with E-state index in [1.807, 2.05) is 6.07 Å². The van der Waals surface area contributed by atoms with Crippen molar-refractivity contribution in [3.8, 4) is 5.75 Å². The van der Waals surface area contributed by atoms with Gasteiger partial charge in [-0.3, -0.25) is 4.79 Å². The van der Waals surface area contributed by atoms with Gasteiger partial charge in [0.05, 0.1) is 12.8 Å². The molecule has 1 amide bonds. The maximum atomic E-state index is 11.3. The van der Waals surface area contributed by atoms with Crippen LogP contribution in [0.4, 0.5) is 5.69 Å². The van der Waals surface area contributed by atoms with Crippen molar-refractivity contribution < 1.29 is 14.3 Å². The molecule has 3 N–H and O–H groups in total.